The fourth-order valence-corrected chi connectivity index (χ4v) is 0.943. The zero-order chi connectivity index (χ0) is 7.56. The summed E-state index contributed by atoms with van der Waals surface area (Å²) in [5.41, 5.74) is 0. The van der Waals surface area contributed by atoms with E-state index in [1.54, 1.807) is 6.92 Å². The van der Waals surface area contributed by atoms with Crippen LogP contribution in [0.5, 0.6) is 0 Å². The highest BCUT2D eigenvalue weighted by molar-refractivity contribution is 4.69. The lowest BCUT2D eigenvalue weighted by molar-refractivity contribution is -0.0783. The van der Waals surface area contributed by atoms with Gasteiger partial charge in [-0.2, -0.15) is 0 Å². The van der Waals surface area contributed by atoms with Crippen LogP contribution in [-0.2, 0) is 9.47 Å². The predicted octanol–water partition coefficient (Wildman–Crippen LogP) is 0.519. The van der Waals surface area contributed by atoms with E-state index in [4.69, 9.17) is 14.6 Å². The van der Waals surface area contributed by atoms with E-state index in [0.29, 0.717) is 6.61 Å². The summed E-state index contributed by atoms with van der Waals surface area (Å²) in [7, 11) is 0. The Kier molecular flexibility index (Phi) is 2.65. The molecule has 3 atom stereocenters. The van der Waals surface area contributed by atoms with Crippen molar-refractivity contribution in [3.63, 3.8) is 0 Å². The molecule has 10 heavy (non-hydrogen) atoms. The largest absolute Gasteiger partial charge is 0.391 e. The topological polar surface area (TPSA) is 38.7 Å². The van der Waals surface area contributed by atoms with Gasteiger partial charge in [0, 0.05) is 0 Å². The maximum Gasteiger partial charge on any atom is 0.158 e. The molecule has 60 valence electrons. The highest BCUT2D eigenvalue weighted by atomic mass is 16.7. The molecule has 0 aliphatic carbocycles. The van der Waals surface area contributed by atoms with E-state index < -0.39 is 6.10 Å². The normalized spacial score (nSPS) is 36.3. The average Bonchev–Trinajstić information content (AvgIpc) is 2.34. The van der Waals surface area contributed by atoms with Gasteiger partial charge in [-0.1, -0.05) is 6.92 Å². The van der Waals surface area contributed by atoms with Crippen LogP contribution in [0, 0.1) is 0 Å². The molecular weight excluding hydrogens is 132 g/mol. The molecule has 0 aromatic heterocycles. The molecule has 1 N–H and O–H groups in total. The van der Waals surface area contributed by atoms with Gasteiger partial charge in [-0.05, 0) is 13.3 Å². The number of rotatable bonds is 2. The SMILES string of the molecule is CC[C@H]1OC[C@@H](C(C)O)O1. The van der Waals surface area contributed by atoms with Gasteiger partial charge in [0.25, 0.3) is 0 Å². The third kappa shape index (κ3) is 1.68. The zero-order valence-corrected chi connectivity index (χ0v) is 6.41. The third-order valence-electron chi connectivity index (χ3n) is 1.64. The van der Waals surface area contributed by atoms with Gasteiger partial charge in [0.05, 0.1) is 12.7 Å². The second kappa shape index (κ2) is 3.32. The van der Waals surface area contributed by atoms with Gasteiger partial charge in [0.15, 0.2) is 6.29 Å². The van der Waals surface area contributed by atoms with Crippen molar-refractivity contribution in [2.45, 2.75) is 38.8 Å². The summed E-state index contributed by atoms with van der Waals surface area (Å²) >= 11 is 0. The first-order valence-corrected chi connectivity index (χ1v) is 3.69. The first-order chi connectivity index (χ1) is 4.74. The predicted molar refractivity (Wildman–Crippen MR) is 36.6 cm³/mol. The van der Waals surface area contributed by atoms with Crippen molar-refractivity contribution in [3.8, 4) is 0 Å². The van der Waals surface area contributed by atoms with Crippen LogP contribution in [0.1, 0.15) is 20.3 Å². The minimum absolute atomic E-state index is 0.0976. The lowest BCUT2D eigenvalue weighted by atomic mass is 10.2. The summed E-state index contributed by atoms with van der Waals surface area (Å²) in [6.45, 7) is 4.23. The maximum atomic E-state index is 9.06. The van der Waals surface area contributed by atoms with Crippen LogP contribution in [0.2, 0.25) is 0 Å². The van der Waals surface area contributed by atoms with Gasteiger partial charge < -0.3 is 14.6 Å². The Bertz CT molecular complexity index is 103. The molecule has 1 unspecified atom stereocenters. The molecule has 0 amide bonds. The lowest BCUT2D eigenvalue weighted by Gasteiger charge is -2.11. The van der Waals surface area contributed by atoms with Gasteiger partial charge in [0.1, 0.15) is 6.10 Å². The monoisotopic (exact) mass is 146 g/mol. The molecule has 1 aliphatic rings. The first-order valence-electron chi connectivity index (χ1n) is 3.69. The highest BCUT2D eigenvalue weighted by Gasteiger charge is 2.27. The summed E-state index contributed by atoms with van der Waals surface area (Å²) in [6, 6.07) is 0. The second-order valence-corrected chi connectivity index (χ2v) is 2.59. The molecule has 0 bridgehead atoms. The summed E-state index contributed by atoms with van der Waals surface area (Å²) in [5.74, 6) is 0. The minimum Gasteiger partial charge on any atom is -0.391 e. The first kappa shape index (κ1) is 7.98. The van der Waals surface area contributed by atoms with E-state index in [-0.39, 0.29) is 12.4 Å². The molecule has 0 spiro atoms. The van der Waals surface area contributed by atoms with Crippen LogP contribution < -0.4 is 0 Å². The second-order valence-electron chi connectivity index (χ2n) is 2.59. The molecule has 1 fully saturated rings. The van der Waals surface area contributed by atoms with Gasteiger partial charge >= 0.3 is 0 Å². The minimum atomic E-state index is -0.420. The number of aliphatic hydroxyl groups is 1. The average molecular weight is 146 g/mol. The molecular formula is C7H14O3. The number of hydrogen-bond donors (Lipinski definition) is 1. The van der Waals surface area contributed by atoms with Crippen LogP contribution in [0.15, 0.2) is 0 Å². The van der Waals surface area contributed by atoms with E-state index >= 15 is 0 Å². The molecule has 1 heterocycles. The van der Waals surface area contributed by atoms with E-state index in [1.165, 1.54) is 0 Å². The lowest BCUT2D eigenvalue weighted by Crippen LogP contribution is -2.25. The van der Waals surface area contributed by atoms with Crippen molar-refractivity contribution in [1.82, 2.24) is 0 Å². The van der Waals surface area contributed by atoms with Crippen molar-refractivity contribution in [1.29, 1.82) is 0 Å². The molecule has 1 rings (SSSR count). The van der Waals surface area contributed by atoms with Crippen LogP contribution >= 0.6 is 0 Å². The van der Waals surface area contributed by atoms with E-state index in [0.717, 1.165) is 6.42 Å². The summed E-state index contributed by atoms with van der Waals surface area (Å²) in [4.78, 5) is 0. The fraction of sp³-hybridized carbons (Fsp3) is 1.00. The van der Waals surface area contributed by atoms with Crippen LogP contribution in [0.3, 0.4) is 0 Å². The third-order valence-corrected chi connectivity index (χ3v) is 1.64. The smallest absolute Gasteiger partial charge is 0.158 e. The Labute approximate surface area is 60.9 Å². The van der Waals surface area contributed by atoms with Gasteiger partial charge in [0.2, 0.25) is 0 Å². The summed E-state index contributed by atoms with van der Waals surface area (Å²) in [5, 5.41) is 9.06. The molecule has 1 saturated heterocycles. The molecule has 0 saturated carbocycles. The Morgan fingerprint density at radius 2 is 2.40 bits per heavy atom. The van der Waals surface area contributed by atoms with E-state index in [9.17, 15) is 0 Å². The summed E-state index contributed by atoms with van der Waals surface area (Å²) < 4.78 is 10.5. The van der Waals surface area contributed by atoms with Crippen LogP contribution in [0.25, 0.3) is 0 Å². The zero-order valence-electron chi connectivity index (χ0n) is 6.41. The number of aliphatic hydroxyl groups excluding tert-OH is 1. The molecule has 0 radical (unpaired) electrons. The van der Waals surface area contributed by atoms with Crippen molar-refractivity contribution in [3.05, 3.63) is 0 Å². The number of hydrogen-bond acceptors (Lipinski definition) is 3. The van der Waals surface area contributed by atoms with Gasteiger partial charge in [-0.15, -0.1) is 0 Å². The fourth-order valence-electron chi connectivity index (χ4n) is 0.943. The Morgan fingerprint density at radius 1 is 1.70 bits per heavy atom. The Hall–Kier alpha value is -0.120. The van der Waals surface area contributed by atoms with Crippen molar-refractivity contribution in [2.75, 3.05) is 6.61 Å². The molecule has 3 heteroatoms. The molecule has 1 aliphatic heterocycles. The van der Waals surface area contributed by atoms with Crippen molar-refractivity contribution >= 4 is 0 Å². The maximum absolute atomic E-state index is 9.06. The highest BCUT2D eigenvalue weighted by Crippen LogP contribution is 2.16. The quantitative estimate of drug-likeness (QED) is 0.617. The van der Waals surface area contributed by atoms with Crippen molar-refractivity contribution in [2.24, 2.45) is 0 Å². The van der Waals surface area contributed by atoms with E-state index in [1.807, 2.05) is 6.92 Å². The van der Waals surface area contributed by atoms with Gasteiger partial charge in [-0.3, -0.25) is 0 Å². The molecule has 3 nitrogen and oxygen atoms in total. The Morgan fingerprint density at radius 3 is 2.70 bits per heavy atom. The summed E-state index contributed by atoms with van der Waals surface area (Å²) in [6.07, 6.45) is 0.213. The molecule has 0 aromatic carbocycles. The van der Waals surface area contributed by atoms with E-state index in [2.05, 4.69) is 0 Å². The van der Waals surface area contributed by atoms with Crippen LogP contribution in [-0.4, -0.2) is 30.2 Å². The standard InChI is InChI=1S/C7H14O3/c1-3-7-9-4-6(10-7)5(2)8/h5-8H,3-4H2,1-2H3/t5?,6-,7-/m0/s1. The number of ether oxygens (including phenoxy) is 2. The molecule has 0 aromatic rings. The Balaban J connectivity index is 2.28. The van der Waals surface area contributed by atoms with Crippen molar-refractivity contribution < 1.29 is 14.6 Å². The van der Waals surface area contributed by atoms with Crippen LogP contribution in [0.4, 0.5) is 0 Å². The van der Waals surface area contributed by atoms with Gasteiger partial charge in [-0.25, -0.2) is 0 Å².